The molecule has 0 atom stereocenters. The van der Waals surface area contributed by atoms with Crippen LogP contribution in [0.25, 0.3) is 0 Å². The van der Waals surface area contributed by atoms with E-state index in [4.69, 9.17) is 11.6 Å². The highest BCUT2D eigenvalue weighted by atomic mass is 35.5. The highest BCUT2D eigenvalue weighted by Crippen LogP contribution is 2.17. The maximum Gasteiger partial charge on any atom is 0.131 e. The molecule has 0 bridgehead atoms. The summed E-state index contributed by atoms with van der Waals surface area (Å²) in [4.78, 5) is 2.21. The molecule has 1 aromatic heterocycles. The summed E-state index contributed by atoms with van der Waals surface area (Å²) in [6.07, 6.45) is 2.41. The Hall–Kier alpha value is -0.580. The van der Waals surface area contributed by atoms with Gasteiger partial charge in [0.1, 0.15) is 5.15 Å². The molecule has 1 N–H and O–H groups in total. The largest absolute Gasteiger partial charge is 0.312 e. The van der Waals surface area contributed by atoms with Crippen molar-refractivity contribution in [3.05, 3.63) is 16.4 Å². The molecule has 0 aliphatic carbocycles. The minimum absolute atomic E-state index is 0.739. The summed E-state index contributed by atoms with van der Waals surface area (Å²) in [6.45, 7) is 4.97. The number of aryl methyl sites for hydroxylation is 2. The van der Waals surface area contributed by atoms with Gasteiger partial charge in [0.2, 0.25) is 0 Å². The highest BCUT2D eigenvalue weighted by molar-refractivity contribution is 6.30. The maximum atomic E-state index is 6.15. The van der Waals surface area contributed by atoms with Crippen molar-refractivity contribution in [2.45, 2.75) is 26.3 Å². The lowest BCUT2D eigenvalue weighted by Crippen LogP contribution is -2.18. The van der Waals surface area contributed by atoms with Crippen molar-refractivity contribution < 1.29 is 0 Å². The van der Waals surface area contributed by atoms with Crippen LogP contribution in [0, 0.1) is 6.92 Å². The van der Waals surface area contributed by atoms with Crippen LogP contribution in [0.2, 0.25) is 5.15 Å². The molecule has 1 aromatic rings. The van der Waals surface area contributed by atoms with E-state index in [2.05, 4.69) is 29.4 Å². The van der Waals surface area contributed by atoms with Crippen LogP contribution in [0.4, 0.5) is 0 Å². The van der Waals surface area contributed by atoms with E-state index in [-0.39, 0.29) is 0 Å². The molecule has 0 amide bonds. The summed E-state index contributed by atoms with van der Waals surface area (Å²) in [5, 5.41) is 8.44. The van der Waals surface area contributed by atoms with Crippen LogP contribution in [-0.4, -0.2) is 41.9 Å². The molecule has 98 valence electrons. The van der Waals surface area contributed by atoms with E-state index in [1.54, 1.807) is 4.68 Å². The fourth-order valence-corrected chi connectivity index (χ4v) is 2.01. The molecule has 5 heteroatoms. The normalized spacial score (nSPS) is 11.4. The van der Waals surface area contributed by atoms with Crippen LogP contribution in [0.5, 0.6) is 0 Å². The van der Waals surface area contributed by atoms with Gasteiger partial charge >= 0.3 is 0 Å². The molecule has 0 saturated carbocycles. The van der Waals surface area contributed by atoms with Crippen LogP contribution in [0.15, 0.2) is 0 Å². The van der Waals surface area contributed by atoms with Crippen LogP contribution >= 0.6 is 11.6 Å². The Balaban J connectivity index is 2.22. The molecule has 0 aliphatic rings. The SMILES string of the molecule is Cc1nn(C)c(Cl)c1CNCCCCN(C)C. The smallest absolute Gasteiger partial charge is 0.131 e. The van der Waals surface area contributed by atoms with Gasteiger partial charge in [-0.25, -0.2) is 0 Å². The van der Waals surface area contributed by atoms with Crippen molar-refractivity contribution in [1.29, 1.82) is 0 Å². The second-order valence-electron chi connectivity index (χ2n) is 4.67. The highest BCUT2D eigenvalue weighted by Gasteiger charge is 2.09. The third-order valence-corrected chi connectivity index (χ3v) is 3.25. The number of unbranched alkanes of at least 4 members (excludes halogenated alkanes) is 1. The lowest BCUT2D eigenvalue weighted by Gasteiger charge is -2.09. The average Bonchev–Trinajstić information content (AvgIpc) is 2.48. The molecule has 4 nitrogen and oxygen atoms in total. The lowest BCUT2D eigenvalue weighted by molar-refractivity contribution is 0.391. The first kappa shape index (κ1) is 14.5. The van der Waals surface area contributed by atoms with Crippen LogP contribution in [0.1, 0.15) is 24.1 Å². The monoisotopic (exact) mass is 258 g/mol. The number of aromatic nitrogens is 2. The van der Waals surface area contributed by atoms with Gasteiger partial charge < -0.3 is 10.2 Å². The third-order valence-electron chi connectivity index (χ3n) is 2.78. The van der Waals surface area contributed by atoms with Crippen LogP contribution < -0.4 is 5.32 Å². The first-order valence-corrected chi connectivity index (χ1v) is 6.43. The summed E-state index contributed by atoms with van der Waals surface area (Å²) in [5.41, 5.74) is 2.13. The van der Waals surface area contributed by atoms with E-state index < -0.39 is 0 Å². The molecular weight excluding hydrogens is 236 g/mol. The first-order chi connectivity index (χ1) is 8.02. The molecule has 0 radical (unpaired) electrons. The van der Waals surface area contributed by atoms with Gasteiger partial charge in [-0.15, -0.1) is 0 Å². The molecule has 0 saturated heterocycles. The average molecular weight is 259 g/mol. The second kappa shape index (κ2) is 6.99. The molecular formula is C12H23ClN4. The molecule has 1 heterocycles. The second-order valence-corrected chi connectivity index (χ2v) is 5.02. The third kappa shape index (κ3) is 4.66. The van der Waals surface area contributed by atoms with Crippen molar-refractivity contribution in [2.75, 3.05) is 27.2 Å². The summed E-state index contributed by atoms with van der Waals surface area (Å²) >= 11 is 6.15. The van der Waals surface area contributed by atoms with E-state index in [1.165, 1.54) is 12.8 Å². The predicted octanol–water partition coefficient (Wildman–Crippen LogP) is 1.81. The number of rotatable bonds is 7. The minimum atomic E-state index is 0.739. The standard InChI is InChI=1S/C12H23ClN4/c1-10-11(12(13)17(4)15-10)9-14-7-5-6-8-16(2)3/h14H,5-9H2,1-4H3. The number of nitrogens with one attached hydrogen (secondary N) is 1. The van der Waals surface area contributed by atoms with Gasteiger partial charge in [-0.3, -0.25) is 4.68 Å². The number of hydrogen-bond acceptors (Lipinski definition) is 3. The van der Waals surface area contributed by atoms with Crippen LogP contribution in [-0.2, 0) is 13.6 Å². The first-order valence-electron chi connectivity index (χ1n) is 6.05. The fourth-order valence-electron chi connectivity index (χ4n) is 1.77. The van der Waals surface area contributed by atoms with Gasteiger partial charge in [0.25, 0.3) is 0 Å². The van der Waals surface area contributed by atoms with Crippen molar-refractivity contribution in [3.63, 3.8) is 0 Å². The molecule has 1 rings (SSSR count). The van der Waals surface area contributed by atoms with Crippen molar-refractivity contribution in [3.8, 4) is 0 Å². The molecule has 0 fully saturated rings. The van der Waals surface area contributed by atoms with Crippen LogP contribution in [0.3, 0.4) is 0 Å². The summed E-state index contributed by atoms with van der Waals surface area (Å²) in [5.74, 6) is 0. The Morgan fingerprint density at radius 2 is 2.06 bits per heavy atom. The van der Waals surface area contributed by atoms with Gasteiger partial charge in [-0.2, -0.15) is 5.10 Å². The molecule has 0 aromatic carbocycles. The topological polar surface area (TPSA) is 33.1 Å². The van der Waals surface area contributed by atoms with E-state index in [0.29, 0.717) is 0 Å². The Labute approximate surface area is 109 Å². The number of nitrogens with zero attached hydrogens (tertiary/aromatic N) is 3. The number of hydrogen-bond donors (Lipinski definition) is 1. The fraction of sp³-hybridized carbons (Fsp3) is 0.750. The Morgan fingerprint density at radius 3 is 2.59 bits per heavy atom. The maximum absolute atomic E-state index is 6.15. The van der Waals surface area contributed by atoms with Gasteiger partial charge in [0, 0.05) is 19.2 Å². The Bertz CT molecular complexity index is 347. The molecule has 0 aliphatic heterocycles. The molecule has 17 heavy (non-hydrogen) atoms. The van der Waals surface area contributed by atoms with Crippen molar-refractivity contribution in [2.24, 2.45) is 7.05 Å². The Kier molecular flexibility index (Phi) is 5.95. The molecule has 0 unspecified atom stereocenters. The quantitative estimate of drug-likeness (QED) is 0.758. The van der Waals surface area contributed by atoms with Gasteiger partial charge in [-0.05, 0) is 47.0 Å². The zero-order valence-corrected chi connectivity index (χ0v) is 12.0. The van der Waals surface area contributed by atoms with Gasteiger partial charge in [0.05, 0.1) is 5.69 Å². The minimum Gasteiger partial charge on any atom is -0.312 e. The summed E-state index contributed by atoms with van der Waals surface area (Å²) in [6, 6.07) is 0. The Morgan fingerprint density at radius 1 is 1.35 bits per heavy atom. The summed E-state index contributed by atoms with van der Waals surface area (Å²) < 4.78 is 1.72. The van der Waals surface area contributed by atoms with E-state index in [1.807, 2.05) is 14.0 Å². The lowest BCUT2D eigenvalue weighted by atomic mass is 10.2. The number of halogens is 1. The molecule has 0 spiro atoms. The van der Waals surface area contributed by atoms with Crippen molar-refractivity contribution >= 4 is 11.6 Å². The zero-order chi connectivity index (χ0) is 12.8. The van der Waals surface area contributed by atoms with E-state index in [0.717, 1.165) is 36.0 Å². The van der Waals surface area contributed by atoms with E-state index in [9.17, 15) is 0 Å². The van der Waals surface area contributed by atoms with E-state index >= 15 is 0 Å². The van der Waals surface area contributed by atoms with Gasteiger partial charge in [0.15, 0.2) is 0 Å². The zero-order valence-electron chi connectivity index (χ0n) is 11.3. The summed E-state index contributed by atoms with van der Waals surface area (Å²) in [7, 11) is 6.08. The van der Waals surface area contributed by atoms with Gasteiger partial charge in [-0.1, -0.05) is 11.6 Å². The predicted molar refractivity (Wildman–Crippen MR) is 72.4 cm³/mol. The van der Waals surface area contributed by atoms with Crippen molar-refractivity contribution in [1.82, 2.24) is 20.0 Å².